The molecule has 0 bridgehead atoms. The van der Waals surface area contributed by atoms with E-state index in [4.69, 9.17) is 34.8 Å². The minimum Gasteiger partial charge on any atom is -0.480 e. The number of amides is 2. The normalized spacial score (nSPS) is 15.1. The Balaban J connectivity index is 1.61. The summed E-state index contributed by atoms with van der Waals surface area (Å²) in [7, 11) is 0. The molecule has 2 aromatic carbocycles. The Hall–Kier alpha value is -3.14. The number of anilines is 1. The van der Waals surface area contributed by atoms with E-state index in [2.05, 4.69) is 10.3 Å². The Morgan fingerprint density at radius 1 is 0.970 bits per heavy atom. The van der Waals surface area contributed by atoms with Crippen LogP contribution in [0, 0.1) is 0 Å². The number of rotatable bonds is 6. The van der Waals surface area contributed by atoms with Gasteiger partial charge in [0, 0.05) is 16.5 Å². The van der Waals surface area contributed by atoms with Crippen molar-refractivity contribution in [2.45, 2.75) is 12.5 Å². The van der Waals surface area contributed by atoms with E-state index in [1.54, 1.807) is 36.4 Å². The second kappa shape index (κ2) is 9.38. The summed E-state index contributed by atoms with van der Waals surface area (Å²) < 4.78 is 1.36. The Morgan fingerprint density at radius 3 is 2.30 bits per heavy atom. The lowest BCUT2D eigenvalue weighted by Crippen LogP contribution is -2.59. The molecule has 2 amide bonds. The van der Waals surface area contributed by atoms with Gasteiger partial charge in [-0.05, 0) is 35.9 Å². The van der Waals surface area contributed by atoms with E-state index in [1.165, 1.54) is 21.8 Å². The summed E-state index contributed by atoms with van der Waals surface area (Å²) in [6.07, 6.45) is 1.48. The number of halogens is 3. The van der Waals surface area contributed by atoms with Crippen LogP contribution >= 0.6 is 34.8 Å². The van der Waals surface area contributed by atoms with Gasteiger partial charge in [0.15, 0.2) is 5.15 Å². The molecule has 1 unspecified atom stereocenters. The molecule has 0 spiro atoms. The van der Waals surface area contributed by atoms with E-state index < -0.39 is 30.4 Å². The van der Waals surface area contributed by atoms with Crippen molar-refractivity contribution in [3.8, 4) is 5.69 Å². The molecule has 1 N–H and O–H groups in total. The molecule has 1 fully saturated rings. The van der Waals surface area contributed by atoms with Crippen LogP contribution < -0.4 is 4.90 Å². The molecule has 0 aliphatic carbocycles. The molecule has 33 heavy (non-hydrogen) atoms. The minimum absolute atomic E-state index is 0.0331. The van der Waals surface area contributed by atoms with E-state index in [9.17, 15) is 19.5 Å². The Bertz CT molecular complexity index is 1230. The molecule has 1 saturated heterocycles. The first kappa shape index (κ1) is 23.0. The van der Waals surface area contributed by atoms with Crippen LogP contribution in [0.5, 0.6) is 0 Å². The van der Waals surface area contributed by atoms with Crippen LogP contribution in [-0.2, 0) is 20.8 Å². The van der Waals surface area contributed by atoms with E-state index in [1.807, 2.05) is 0 Å². The maximum absolute atomic E-state index is 13.1. The van der Waals surface area contributed by atoms with Crippen molar-refractivity contribution in [3.63, 3.8) is 0 Å². The van der Waals surface area contributed by atoms with Crippen molar-refractivity contribution >= 4 is 58.3 Å². The molecule has 1 aliphatic rings. The third-order valence-corrected chi connectivity index (χ3v) is 5.82. The Kier molecular flexibility index (Phi) is 6.55. The van der Waals surface area contributed by atoms with Crippen molar-refractivity contribution in [2.24, 2.45) is 0 Å². The monoisotopic (exact) mass is 507 g/mol. The van der Waals surface area contributed by atoms with Crippen molar-refractivity contribution < 1.29 is 19.5 Å². The number of carbonyl (C=O) groups is 3. The van der Waals surface area contributed by atoms with Crippen LogP contribution in [0.1, 0.15) is 5.56 Å². The Labute approximate surface area is 203 Å². The fraction of sp³-hybridized carbons (Fsp3) is 0.190. The number of hydrogen-bond donors (Lipinski definition) is 1. The zero-order valence-electron chi connectivity index (χ0n) is 16.9. The lowest BCUT2D eigenvalue weighted by atomic mass is 10.0. The predicted octanol–water partition coefficient (Wildman–Crippen LogP) is 3.10. The average molecular weight is 509 g/mol. The maximum Gasteiger partial charge on any atom is 0.326 e. The van der Waals surface area contributed by atoms with Gasteiger partial charge in [-0.25, -0.2) is 9.48 Å². The number of carboxylic acids is 1. The zero-order chi connectivity index (χ0) is 23.7. The first-order chi connectivity index (χ1) is 15.7. The molecule has 12 heteroatoms. The van der Waals surface area contributed by atoms with Gasteiger partial charge in [-0.1, -0.05) is 52.1 Å². The highest BCUT2D eigenvalue weighted by Crippen LogP contribution is 2.30. The highest BCUT2D eigenvalue weighted by atomic mass is 35.5. The van der Waals surface area contributed by atoms with Gasteiger partial charge in [-0.3, -0.25) is 14.5 Å². The molecule has 1 aliphatic heterocycles. The van der Waals surface area contributed by atoms with Gasteiger partial charge in [-0.2, -0.15) is 0 Å². The first-order valence-corrected chi connectivity index (χ1v) is 10.8. The second-order valence-corrected chi connectivity index (χ2v) is 8.57. The molecule has 0 radical (unpaired) electrons. The first-order valence-electron chi connectivity index (χ1n) is 9.68. The highest BCUT2D eigenvalue weighted by molar-refractivity contribution is 6.31. The largest absolute Gasteiger partial charge is 0.480 e. The number of carbonyl (C=O) groups excluding carboxylic acids is 2. The maximum atomic E-state index is 13.1. The van der Waals surface area contributed by atoms with Gasteiger partial charge >= 0.3 is 5.97 Å². The van der Waals surface area contributed by atoms with Gasteiger partial charge in [0.05, 0.1) is 17.6 Å². The van der Waals surface area contributed by atoms with Crippen molar-refractivity contribution in [2.75, 3.05) is 18.0 Å². The third kappa shape index (κ3) is 4.95. The van der Waals surface area contributed by atoms with Gasteiger partial charge < -0.3 is 10.0 Å². The molecule has 3 aromatic rings. The summed E-state index contributed by atoms with van der Waals surface area (Å²) >= 11 is 17.9. The summed E-state index contributed by atoms with van der Waals surface area (Å²) in [5, 5.41) is 18.4. The summed E-state index contributed by atoms with van der Waals surface area (Å²) in [6, 6.07) is 10.2. The third-order valence-electron chi connectivity index (χ3n) is 5.16. The second-order valence-electron chi connectivity index (χ2n) is 7.31. The molecule has 4 rings (SSSR count). The quantitative estimate of drug-likeness (QED) is 0.548. The molecule has 170 valence electrons. The minimum atomic E-state index is -1.21. The van der Waals surface area contributed by atoms with E-state index in [0.29, 0.717) is 27.0 Å². The number of hydrogen-bond acceptors (Lipinski definition) is 5. The average Bonchev–Trinajstić information content (AvgIpc) is 3.20. The standard InChI is InChI=1S/C21H16Cl3N5O4/c22-13-3-1-12(2-4-13)7-17(21(32)33)28-11-19(30)27(10-20(28)31)16-8-14(23)5-6-15(16)29-9-18(24)25-26-29/h1-6,8-9,17H,7,10-11H2,(H,32,33). The van der Waals surface area contributed by atoms with Gasteiger partial charge in [-0.15, -0.1) is 5.10 Å². The molecule has 1 aromatic heterocycles. The lowest BCUT2D eigenvalue weighted by molar-refractivity contribution is -0.152. The number of carboxylic acid groups (broad SMARTS) is 1. The van der Waals surface area contributed by atoms with Crippen LogP contribution in [0.25, 0.3) is 5.69 Å². The molecule has 2 heterocycles. The SMILES string of the molecule is O=C(O)C(Cc1ccc(Cl)cc1)N1CC(=O)N(c2cc(Cl)ccc2-n2cc(Cl)nn2)CC1=O. The number of benzene rings is 2. The summed E-state index contributed by atoms with van der Waals surface area (Å²) in [4.78, 5) is 40.4. The van der Waals surface area contributed by atoms with E-state index in [0.717, 1.165) is 4.90 Å². The van der Waals surface area contributed by atoms with E-state index in [-0.39, 0.29) is 18.1 Å². The van der Waals surface area contributed by atoms with Gasteiger partial charge in [0.2, 0.25) is 11.8 Å². The highest BCUT2D eigenvalue weighted by Gasteiger charge is 2.38. The molecule has 0 saturated carbocycles. The van der Waals surface area contributed by atoms with E-state index >= 15 is 0 Å². The summed E-state index contributed by atoms with van der Waals surface area (Å²) in [5.74, 6) is -2.19. The smallest absolute Gasteiger partial charge is 0.326 e. The molecular weight excluding hydrogens is 493 g/mol. The topological polar surface area (TPSA) is 109 Å². The fourth-order valence-electron chi connectivity index (χ4n) is 3.58. The number of piperazine rings is 1. The van der Waals surface area contributed by atoms with Crippen molar-refractivity contribution in [1.29, 1.82) is 0 Å². The lowest BCUT2D eigenvalue weighted by Gasteiger charge is -2.37. The zero-order valence-corrected chi connectivity index (χ0v) is 19.1. The van der Waals surface area contributed by atoms with Gasteiger partial charge in [0.25, 0.3) is 0 Å². The number of aromatic nitrogens is 3. The van der Waals surface area contributed by atoms with Crippen LogP contribution in [0.2, 0.25) is 15.2 Å². The van der Waals surface area contributed by atoms with Crippen molar-refractivity contribution in [1.82, 2.24) is 19.9 Å². The summed E-state index contributed by atoms with van der Waals surface area (Å²) in [6.45, 7) is -0.771. The molecule has 9 nitrogen and oxygen atoms in total. The number of aliphatic carboxylic acids is 1. The molecule has 1 atom stereocenters. The van der Waals surface area contributed by atoms with Crippen molar-refractivity contribution in [3.05, 3.63) is 69.4 Å². The summed E-state index contributed by atoms with van der Waals surface area (Å²) in [5.41, 5.74) is 1.44. The Morgan fingerprint density at radius 2 is 1.67 bits per heavy atom. The van der Waals surface area contributed by atoms with Crippen LogP contribution in [0.4, 0.5) is 5.69 Å². The fourth-order valence-corrected chi connectivity index (χ4v) is 4.00. The van der Waals surface area contributed by atoms with Gasteiger partial charge in [0.1, 0.15) is 19.1 Å². The van der Waals surface area contributed by atoms with Crippen LogP contribution in [-0.4, -0.2) is 61.9 Å². The molecular formula is C21H16Cl3N5O4. The number of nitrogens with zero attached hydrogens (tertiary/aromatic N) is 5. The van der Waals surface area contributed by atoms with Crippen LogP contribution in [0.3, 0.4) is 0 Å². The predicted molar refractivity (Wildman–Crippen MR) is 122 cm³/mol. The van der Waals surface area contributed by atoms with Crippen LogP contribution in [0.15, 0.2) is 48.7 Å².